The molecule has 0 radical (unpaired) electrons. The Labute approximate surface area is 161 Å². The van der Waals surface area contributed by atoms with Gasteiger partial charge in [-0.1, -0.05) is 52.5 Å². The fraction of sp³-hybridized carbons (Fsp3) is 0.154. The van der Waals surface area contributed by atoms with Gasteiger partial charge in [-0.2, -0.15) is 4.39 Å². The van der Waals surface area contributed by atoms with Gasteiger partial charge in [-0.15, -0.1) is 0 Å². The third kappa shape index (κ3) is 5.22. The van der Waals surface area contributed by atoms with Crippen LogP contribution in [0.25, 0.3) is 0 Å². The van der Waals surface area contributed by atoms with Crippen LogP contribution in [0.2, 0.25) is 15.5 Å². The Morgan fingerprint density at radius 3 is 2.42 bits per heavy atom. The van der Waals surface area contributed by atoms with E-state index in [4.69, 9.17) is 58.0 Å². The van der Waals surface area contributed by atoms with Crippen LogP contribution < -0.4 is 0 Å². The number of halogens is 6. The van der Waals surface area contributed by atoms with E-state index >= 15 is 0 Å². The van der Waals surface area contributed by atoms with Gasteiger partial charge in [0.25, 0.3) is 0 Å². The van der Waals surface area contributed by atoms with E-state index in [0.29, 0.717) is 10.7 Å². The highest BCUT2D eigenvalue weighted by molar-refractivity contribution is 6.57. The van der Waals surface area contributed by atoms with Gasteiger partial charge in [0.05, 0.1) is 16.9 Å². The van der Waals surface area contributed by atoms with E-state index in [1.54, 1.807) is 6.07 Å². The number of pyridine rings is 1. The molecule has 0 saturated heterocycles. The van der Waals surface area contributed by atoms with E-state index in [2.05, 4.69) is 24.9 Å². The van der Waals surface area contributed by atoms with Gasteiger partial charge >= 0.3 is 0 Å². The van der Waals surface area contributed by atoms with Crippen LogP contribution in [0, 0.1) is 5.95 Å². The van der Waals surface area contributed by atoms with Gasteiger partial charge in [-0.3, -0.25) is 4.99 Å². The van der Waals surface area contributed by atoms with Crippen molar-refractivity contribution in [1.82, 2.24) is 15.0 Å². The number of hydrogen-bond acceptors (Lipinski definition) is 5. The van der Waals surface area contributed by atoms with Crippen molar-refractivity contribution in [2.24, 2.45) is 9.98 Å². The Morgan fingerprint density at radius 2 is 1.83 bits per heavy atom. The third-order valence-corrected chi connectivity index (χ3v) is 4.03. The van der Waals surface area contributed by atoms with Crippen LogP contribution in [0.4, 0.5) is 4.39 Å². The molecule has 126 valence electrons. The fourth-order valence-electron chi connectivity index (χ4n) is 1.58. The minimum Gasteiger partial charge on any atom is -0.260 e. The van der Waals surface area contributed by atoms with Crippen molar-refractivity contribution in [3.05, 3.63) is 51.5 Å². The van der Waals surface area contributed by atoms with Gasteiger partial charge in [0, 0.05) is 6.21 Å². The van der Waals surface area contributed by atoms with Crippen molar-refractivity contribution in [2.45, 2.75) is 10.4 Å². The third-order valence-electron chi connectivity index (χ3n) is 2.58. The van der Waals surface area contributed by atoms with Crippen LogP contribution in [-0.4, -0.2) is 31.8 Å². The molecule has 3 heterocycles. The first-order chi connectivity index (χ1) is 11.3. The highest BCUT2D eigenvalue weighted by Crippen LogP contribution is 2.38. The summed E-state index contributed by atoms with van der Waals surface area (Å²) in [6, 6.07) is 3.76. The largest absolute Gasteiger partial charge is 0.260 e. The van der Waals surface area contributed by atoms with E-state index in [9.17, 15) is 4.39 Å². The molecule has 0 saturated carbocycles. The number of rotatable bonds is 1. The molecule has 0 fully saturated rings. The Bertz CT molecular complexity index is 783. The van der Waals surface area contributed by atoms with E-state index in [-0.39, 0.29) is 10.4 Å². The van der Waals surface area contributed by atoms with E-state index in [0.717, 1.165) is 0 Å². The molecule has 1 atom stereocenters. The van der Waals surface area contributed by atoms with Crippen molar-refractivity contribution in [3.63, 3.8) is 0 Å². The first-order valence-corrected chi connectivity index (χ1v) is 8.08. The molecule has 5 nitrogen and oxygen atoms in total. The zero-order chi connectivity index (χ0) is 17.7. The maximum Gasteiger partial charge on any atom is 0.223 e. The normalized spacial score (nSPS) is 18.0. The molecular weight excluding hydrogens is 422 g/mol. The monoisotopic (exact) mass is 427 g/mol. The molecule has 11 heteroatoms. The van der Waals surface area contributed by atoms with Crippen molar-refractivity contribution < 1.29 is 4.39 Å². The topological polar surface area (TPSA) is 63.4 Å². The lowest BCUT2D eigenvalue weighted by atomic mass is 10.1. The average Bonchev–Trinajstić information content (AvgIpc) is 2.51. The zero-order valence-electron chi connectivity index (χ0n) is 11.5. The molecule has 0 aromatic carbocycles. The molecule has 0 amide bonds. The van der Waals surface area contributed by atoms with E-state index in [1.165, 1.54) is 30.9 Å². The number of nitrogens with zero attached hydrogens (tertiary/aromatic N) is 5. The summed E-state index contributed by atoms with van der Waals surface area (Å²) in [5.74, 6) is -0.589. The van der Waals surface area contributed by atoms with E-state index < -0.39 is 16.3 Å². The van der Waals surface area contributed by atoms with Crippen molar-refractivity contribution in [1.29, 1.82) is 0 Å². The second-order valence-electron chi connectivity index (χ2n) is 4.28. The van der Waals surface area contributed by atoms with Crippen LogP contribution in [0.3, 0.4) is 0 Å². The van der Waals surface area contributed by atoms with Gasteiger partial charge < -0.3 is 0 Å². The van der Waals surface area contributed by atoms with Crippen LogP contribution in [0.15, 0.2) is 34.4 Å². The van der Waals surface area contributed by atoms with Crippen LogP contribution in [-0.2, 0) is 0 Å². The molecule has 0 aliphatic carbocycles. The highest BCUT2D eigenvalue weighted by Gasteiger charge is 2.36. The standard InChI is InChI=1S/C9H6Cl2FN3.C4HCl3N2/c10-9(11)4-13-5-14-8(9)6-2-1-3-7(12)15-6;5-2-1-8-4(7)9-3(2)6/h1-5,8H;1H. The average molecular weight is 429 g/mol. The Morgan fingerprint density at radius 1 is 1.08 bits per heavy atom. The molecular formula is C13H7Cl5FN5. The molecule has 0 spiro atoms. The van der Waals surface area contributed by atoms with Gasteiger partial charge in [-0.05, 0) is 23.7 Å². The number of aliphatic imine (C=N–C) groups is 2. The molecule has 24 heavy (non-hydrogen) atoms. The highest BCUT2D eigenvalue weighted by atomic mass is 35.5. The quantitative estimate of drug-likeness (QED) is 0.278. The maximum atomic E-state index is 12.9. The Kier molecular flexibility index (Phi) is 6.71. The van der Waals surface area contributed by atoms with Crippen molar-refractivity contribution in [2.75, 3.05) is 0 Å². The second-order valence-corrected chi connectivity index (χ2v) is 6.83. The maximum absolute atomic E-state index is 12.9. The molecule has 2 aromatic rings. The SMILES string of the molecule is Clc1ncc(Cl)c(Cl)n1.Fc1cccc(C2N=CN=CC2(Cl)Cl)n1. The summed E-state index contributed by atoms with van der Waals surface area (Å²) in [5.41, 5.74) is 0.377. The lowest BCUT2D eigenvalue weighted by molar-refractivity contribution is 0.564. The predicted octanol–water partition coefficient (Wildman–Crippen LogP) is 4.99. The molecule has 1 unspecified atom stereocenters. The lowest BCUT2D eigenvalue weighted by Crippen LogP contribution is -2.27. The predicted molar refractivity (Wildman–Crippen MR) is 95.4 cm³/mol. The zero-order valence-corrected chi connectivity index (χ0v) is 15.3. The van der Waals surface area contributed by atoms with Crippen LogP contribution >= 0.6 is 58.0 Å². The molecule has 3 rings (SSSR count). The first kappa shape index (κ1) is 19.3. The first-order valence-electron chi connectivity index (χ1n) is 6.19. The summed E-state index contributed by atoms with van der Waals surface area (Å²) in [6.45, 7) is 0. The smallest absolute Gasteiger partial charge is 0.223 e. The van der Waals surface area contributed by atoms with Crippen LogP contribution in [0.1, 0.15) is 11.7 Å². The summed E-state index contributed by atoms with van der Waals surface area (Å²) >= 11 is 28.2. The van der Waals surface area contributed by atoms with Gasteiger partial charge in [0.15, 0.2) is 9.49 Å². The van der Waals surface area contributed by atoms with Crippen molar-refractivity contribution in [3.8, 4) is 0 Å². The summed E-state index contributed by atoms with van der Waals surface area (Å²) in [4.78, 5) is 18.5. The number of aromatic nitrogens is 3. The lowest BCUT2D eigenvalue weighted by Gasteiger charge is -2.24. The number of alkyl halides is 2. The molecule has 0 bridgehead atoms. The molecule has 1 aliphatic heterocycles. The summed E-state index contributed by atoms with van der Waals surface area (Å²) in [7, 11) is 0. The minimum atomic E-state index is -1.28. The van der Waals surface area contributed by atoms with E-state index in [1.807, 2.05) is 0 Å². The molecule has 1 aliphatic rings. The fourth-order valence-corrected chi connectivity index (χ4v) is 2.43. The second kappa shape index (κ2) is 8.36. The summed E-state index contributed by atoms with van der Waals surface area (Å²) in [5, 5.41) is 0.585. The minimum absolute atomic E-state index is 0.101. The van der Waals surface area contributed by atoms with Crippen molar-refractivity contribution >= 4 is 70.6 Å². The van der Waals surface area contributed by atoms with Gasteiger partial charge in [0.1, 0.15) is 12.4 Å². The molecule has 2 aromatic heterocycles. The summed E-state index contributed by atoms with van der Waals surface area (Å²) < 4.78 is 11.6. The van der Waals surface area contributed by atoms with Gasteiger partial charge in [-0.25, -0.2) is 19.9 Å². The molecule has 0 N–H and O–H groups in total. The van der Waals surface area contributed by atoms with Crippen LogP contribution in [0.5, 0.6) is 0 Å². The summed E-state index contributed by atoms with van der Waals surface area (Å²) in [6.07, 6.45) is 4.01. The Hall–Kier alpha value is -1.05. The van der Waals surface area contributed by atoms with Gasteiger partial charge in [0.2, 0.25) is 11.2 Å². The number of hydrogen-bond donors (Lipinski definition) is 0. The Balaban J connectivity index is 0.000000198.